The summed E-state index contributed by atoms with van der Waals surface area (Å²) in [6, 6.07) is 13.0. The van der Waals surface area contributed by atoms with Gasteiger partial charge in [0.15, 0.2) is 0 Å². The van der Waals surface area contributed by atoms with Crippen LogP contribution in [0.2, 0.25) is 0 Å². The molecule has 3 heteroatoms. The highest BCUT2D eigenvalue weighted by Gasteiger charge is 2.10. The fourth-order valence-electron chi connectivity index (χ4n) is 2.19. The lowest BCUT2D eigenvalue weighted by Crippen LogP contribution is -2.28. The largest absolute Gasteiger partial charge is 0.497 e. The Morgan fingerprint density at radius 1 is 1.10 bits per heavy atom. The first-order chi connectivity index (χ1) is 10.0. The summed E-state index contributed by atoms with van der Waals surface area (Å²) in [5.74, 6) is 0.695. The van der Waals surface area contributed by atoms with Crippen molar-refractivity contribution < 1.29 is 9.13 Å². The van der Waals surface area contributed by atoms with Crippen molar-refractivity contribution >= 4 is 0 Å². The van der Waals surface area contributed by atoms with Crippen LogP contribution in [0.3, 0.4) is 0 Å². The molecule has 0 aliphatic carbocycles. The number of ether oxygens (including phenoxy) is 1. The first kappa shape index (κ1) is 15.5. The molecule has 1 unspecified atom stereocenters. The molecule has 0 fully saturated rings. The Labute approximate surface area is 125 Å². The van der Waals surface area contributed by atoms with Crippen molar-refractivity contribution in [3.05, 3.63) is 53.8 Å². The van der Waals surface area contributed by atoms with Crippen LogP contribution in [-0.2, 0) is 6.42 Å². The standard InChI is InChI=1S/C18H22FNO/c1-12(2)18(20)10-13-4-6-14(7-5-13)16-9-8-15(21-3)11-17(16)19/h4-9,11-12,18H,10,20H2,1-3H3. The van der Waals surface area contributed by atoms with Crippen LogP contribution >= 0.6 is 0 Å². The lowest BCUT2D eigenvalue weighted by molar-refractivity contribution is 0.411. The minimum atomic E-state index is -0.277. The van der Waals surface area contributed by atoms with E-state index >= 15 is 0 Å². The number of halogens is 1. The maximum absolute atomic E-state index is 14.0. The van der Waals surface area contributed by atoms with Crippen LogP contribution in [0.25, 0.3) is 11.1 Å². The molecule has 0 aliphatic rings. The molecule has 2 aromatic carbocycles. The van der Waals surface area contributed by atoms with Crippen LogP contribution < -0.4 is 10.5 Å². The van der Waals surface area contributed by atoms with Crippen molar-refractivity contribution in [1.82, 2.24) is 0 Å². The second-order valence-corrected chi connectivity index (χ2v) is 5.65. The maximum atomic E-state index is 14.0. The fourth-order valence-corrected chi connectivity index (χ4v) is 2.19. The van der Waals surface area contributed by atoms with Gasteiger partial charge in [-0.15, -0.1) is 0 Å². The molecule has 0 saturated carbocycles. The van der Waals surface area contributed by atoms with Gasteiger partial charge in [0.2, 0.25) is 0 Å². The van der Waals surface area contributed by atoms with E-state index in [2.05, 4.69) is 13.8 Å². The zero-order valence-electron chi connectivity index (χ0n) is 12.8. The van der Waals surface area contributed by atoms with E-state index < -0.39 is 0 Å². The van der Waals surface area contributed by atoms with Crippen molar-refractivity contribution in [3.8, 4) is 16.9 Å². The van der Waals surface area contributed by atoms with Crippen molar-refractivity contribution in [2.24, 2.45) is 11.7 Å². The zero-order chi connectivity index (χ0) is 15.4. The first-order valence-electron chi connectivity index (χ1n) is 7.19. The Kier molecular flexibility index (Phi) is 4.97. The highest BCUT2D eigenvalue weighted by atomic mass is 19.1. The van der Waals surface area contributed by atoms with Crippen molar-refractivity contribution in [1.29, 1.82) is 0 Å². The first-order valence-corrected chi connectivity index (χ1v) is 7.19. The van der Waals surface area contributed by atoms with Crippen LogP contribution in [0.4, 0.5) is 4.39 Å². The monoisotopic (exact) mass is 287 g/mol. The molecule has 0 aliphatic heterocycles. The second-order valence-electron chi connectivity index (χ2n) is 5.65. The highest BCUT2D eigenvalue weighted by Crippen LogP contribution is 2.26. The summed E-state index contributed by atoms with van der Waals surface area (Å²) in [7, 11) is 1.53. The van der Waals surface area contributed by atoms with Gasteiger partial charge in [0, 0.05) is 17.7 Å². The summed E-state index contributed by atoms with van der Waals surface area (Å²) in [6.45, 7) is 4.23. The van der Waals surface area contributed by atoms with Gasteiger partial charge in [-0.3, -0.25) is 0 Å². The van der Waals surface area contributed by atoms with Crippen LogP contribution in [-0.4, -0.2) is 13.2 Å². The molecule has 21 heavy (non-hydrogen) atoms. The van der Waals surface area contributed by atoms with E-state index in [0.29, 0.717) is 17.2 Å². The van der Waals surface area contributed by atoms with E-state index in [0.717, 1.165) is 12.0 Å². The Morgan fingerprint density at radius 2 is 1.76 bits per heavy atom. The molecule has 0 radical (unpaired) electrons. The van der Waals surface area contributed by atoms with E-state index in [9.17, 15) is 4.39 Å². The van der Waals surface area contributed by atoms with E-state index in [-0.39, 0.29) is 11.9 Å². The lowest BCUT2D eigenvalue weighted by atomic mass is 9.96. The number of nitrogens with two attached hydrogens (primary N) is 1. The third-order valence-electron chi connectivity index (χ3n) is 3.77. The predicted octanol–water partition coefficient (Wildman–Crippen LogP) is 4.03. The molecule has 0 saturated heterocycles. The van der Waals surface area contributed by atoms with Crippen LogP contribution in [0.1, 0.15) is 19.4 Å². The van der Waals surface area contributed by atoms with Crippen molar-refractivity contribution in [2.45, 2.75) is 26.3 Å². The lowest BCUT2D eigenvalue weighted by Gasteiger charge is -2.15. The minimum Gasteiger partial charge on any atom is -0.497 e. The summed E-state index contributed by atoms with van der Waals surface area (Å²) >= 11 is 0. The van der Waals surface area contributed by atoms with Gasteiger partial charge in [0.1, 0.15) is 11.6 Å². The quantitative estimate of drug-likeness (QED) is 0.901. The molecule has 0 heterocycles. The zero-order valence-corrected chi connectivity index (χ0v) is 12.8. The van der Waals surface area contributed by atoms with E-state index in [1.807, 2.05) is 24.3 Å². The molecule has 0 amide bonds. The molecule has 2 rings (SSSR count). The number of hydrogen-bond acceptors (Lipinski definition) is 2. The number of rotatable bonds is 5. The summed E-state index contributed by atoms with van der Waals surface area (Å²) in [5.41, 5.74) is 8.69. The van der Waals surface area contributed by atoms with Crippen molar-refractivity contribution in [3.63, 3.8) is 0 Å². The molecule has 0 bridgehead atoms. The molecule has 0 aromatic heterocycles. The predicted molar refractivity (Wildman–Crippen MR) is 84.9 cm³/mol. The Morgan fingerprint density at radius 3 is 2.29 bits per heavy atom. The third kappa shape index (κ3) is 3.82. The van der Waals surface area contributed by atoms with Crippen molar-refractivity contribution in [2.75, 3.05) is 7.11 Å². The molecular formula is C18H22FNO. The van der Waals surface area contributed by atoms with Gasteiger partial charge in [-0.05, 0) is 35.6 Å². The summed E-state index contributed by atoms with van der Waals surface area (Å²) in [4.78, 5) is 0. The number of methoxy groups -OCH3 is 1. The Bertz CT molecular complexity index is 593. The van der Waals surface area contributed by atoms with E-state index in [1.165, 1.54) is 18.7 Å². The van der Waals surface area contributed by atoms with Gasteiger partial charge < -0.3 is 10.5 Å². The minimum absolute atomic E-state index is 0.147. The summed E-state index contributed by atoms with van der Waals surface area (Å²) < 4.78 is 19.1. The van der Waals surface area contributed by atoms with Gasteiger partial charge in [-0.25, -0.2) is 4.39 Å². The van der Waals surface area contributed by atoms with Crippen LogP contribution in [0.5, 0.6) is 5.75 Å². The molecule has 1 atom stereocenters. The Hall–Kier alpha value is -1.87. The topological polar surface area (TPSA) is 35.2 Å². The van der Waals surface area contributed by atoms with Gasteiger partial charge in [-0.1, -0.05) is 38.1 Å². The van der Waals surface area contributed by atoms with Crippen LogP contribution in [0.15, 0.2) is 42.5 Å². The third-order valence-corrected chi connectivity index (χ3v) is 3.77. The number of benzene rings is 2. The van der Waals surface area contributed by atoms with Crippen LogP contribution in [0, 0.1) is 11.7 Å². The Balaban J connectivity index is 2.19. The van der Waals surface area contributed by atoms with E-state index in [4.69, 9.17) is 10.5 Å². The van der Waals surface area contributed by atoms with Gasteiger partial charge in [0.25, 0.3) is 0 Å². The molecule has 0 spiro atoms. The molecule has 112 valence electrons. The summed E-state index contributed by atoms with van der Waals surface area (Å²) in [6.07, 6.45) is 0.836. The van der Waals surface area contributed by atoms with Gasteiger partial charge >= 0.3 is 0 Å². The average molecular weight is 287 g/mol. The number of hydrogen-bond donors (Lipinski definition) is 1. The molecular weight excluding hydrogens is 265 g/mol. The average Bonchev–Trinajstić information content (AvgIpc) is 2.48. The SMILES string of the molecule is COc1ccc(-c2ccc(CC(N)C(C)C)cc2)c(F)c1. The molecule has 2 N–H and O–H groups in total. The van der Waals surface area contributed by atoms with Gasteiger partial charge in [0.05, 0.1) is 7.11 Å². The normalized spacial score (nSPS) is 12.5. The maximum Gasteiger partial charge on any atom is 0.134 e. The second kappa shape index (κ2) is 6.72. The summed E-state index contributed by atoms with van der Waals surface area (Å²) in [5, 5.41) is 0. The molecule has 2 aromatic rings. The highest BCUT2D eigenvalue weighted by molar-refractivity contribution is 5.65. The van der Waals surface area contributed by atoms with Gasteiger partial charge in [-0.2, -0.15) is 0 Å². The van der Waals surface area contributed by atoms with E-state index in [1.54, 1.807) is 12.1 Å². The fraction of sp³-hybridized carbons (Fsp3) is 0.333. The smallest absolute Gasteiger partial charge is 0.134 e. The molecule has 2 nitrogen and oxygen atoms in total.